The third kappa shape index (κ3) is 8.30. The first-order valence-corrected chi connectivity index (χ1v) is 15.2. The van der Waals surface area contributed by atoms with Gasteiger partial charge < -0.3 is 39.6 Å². The second-order valence-corrected chi connectivity index (χ2v) is 11.7. The summed E-state index contributed by atoms with van der Waals surface area (Å²) in [5, 5.41) is 16.5. The van der Waals surface area contributed by atoms with Crippen molar-refractivity contribution in [1.29, 1.82) is 0 Å². The Morgan fingerprint density at radius 2 is 1.85 bits per heavy atom. The molecule has 1 aliphatic carbocycles. The molecule has 4 aromatic rings. The van der Waals surface area contributed by atoms with Crippen LogP contribution in [0.5, 0.6) is 5.88 Å². The lowest BCUT2D eigenvalue weighted by atomic mass is 10.1. The zero-order valence-corrected chi connectivity index (χ0v) is 27.0. The number of rotatable bonds is 15. The zero-order valence-electron chi connectivity index (χ0n) is 27.0. The highest BCUT2D eigenvalue weighted by Gasteiger charge is 2.31. The fourth-order valence-corrected chi connectivity index (χ4v) is 5.06. The van der Waals surface area contributed by atoms with E-state index in [1.54, 1.807) is 11.9 Å². The largest absolute Gasteiger partial charge is 0.478 e. The van der Waals surface area contributed by atoms with E-state index in [9.17, 15) is 27.9 Å². The highest BCUT2D eigenvalue weighted by Crippen LogP contribution is 2.42. The molecule has 1 amide bonds. The standard InChI is InChI=1S/C32H37F3N8O5/c1-41(2)12-13-42(3)28-23(37-26(44)11-14-47-4)15-24(29(40-28)48-18-32(33,34)35)38-31-36-16-21(30(45)46)27(39-31)22-17-43(19-9-10-19)25-8-6-5-7-20(22)25/h5-8,15-17,19H,9-14,18H2,1-4H3,(H,37,44)(H,45,46)(H,36,38,39). The van der Waals surface area contributed by atoms with Crippen LogP contribution in [0.3, 0.4) is 0 Å². The van der Waals surface area contributed by atoms with E-state index in [-0.39, 0.29) is 47.4 Å². The third-order valence-electron chi connectivity index (χ3n) is 7.59. The number of aromatic nitrogens is 4. The average molecular weight is 671 g/mol. The number of likely N-dealkylation sites (N-methyl/N-ethyl adjacent to an activating group) is 2. The molecular weight excluding hydrogens is 633 g/mol. The Morgan fingerprint density at radius 1 is 1.10 bits per heavy atom. The van der Waals surface area contributed by atoms with Crippen molar-refractivity contribution in [1.82, 2.24) is 24.4 Å². The maximum Gasteiger partial charge on any atom is 0.422 e. The lowest BCUT2D eigenvalue weighted by Crippen LogP contribution is -2.30. The van der Waals surface area contributed by atoms with Crippen LogP contribution < -0.4 is 20.3 Å². The smallest absolute Gasteiger partial charge is 0.422 e. The van der Waals surface area contributed by atoms with Gasteiger partial charge in [0, 0.05) is 62.1 Å². The zero-order chi connectivity index (χ0) is 34.6. The quantitative estimate of drug-likeness (QED) is 0.154. The first-order chi connectivity index (χ1) is 22.8. The molecule has 256 valence electrons. The van der Waals surface area contributed by atoms with Crippen LogP contribution in [0, 0.1) is 0 Å². The molecule has 0 spiro atoms. The lowest BCUT2D eigenvalue weighted by molar-refractivity contribution is -0.153. The molecule has 3 heterocycles. The van der Waals surface area contributed by atoms with Gasteiger partial charge in [0.15, 0.2) is 12.4 Å². The number of carbonyl (C=O) groups is 2. The van der Waals surface area contributed by atoms with Crippen LogP contribution in [0.4, 0.5) is 36.3 Å². The summed E-state index contributed by atoms with van der Waals surface area (Å²) < 4.78 is 52.3. The van der Waals surface area contributed by atoms with Crippen LogP contribution in [0.25, 0.3) is 22.2 Å². The molecule has 13 nitrogen and oxygen atoms in total. The van der Waals surface area contributed by atoms with Gasteiger partial charge in [-0.2, -0.15) is 18.2 Å². The van der Waals surface area contributed by atoms with E-state index in [4.69, 9.17) is 9.47 Å². The summed E-state index contributed by atoms with van der Waals surface area (Å²) in [6.07, 6.45) is 0.344. The molecule has 3 N–H and O–H groups in total. The Labute approximate surface area is 274 Å². The fraction of sp³-hybridized carbons (Fsp3) is 0.406. The van der Waals surface area contributed by atoms with Crippen molar-refractivity contribution in [3.63, 3.8) is 0 Å². The summed E-state index contributed by atoms with van der Waals surface area (Å²) in [7, 11) is 6.88. The van der Waals surface area contributed by atoms with Gasteiger partial charge in [-0.05, 0) is 39.1 Å². The SMILES string of the molecule is COCCC(=O)Nc1cc(Nc2ncc(C(=O)O)c(-c3cn(C4CC4)c4ccccc34)n2)c(OCC(F)(F)F)nc1N(C)CCN(C)C. The molecule has 5 rings (SSSR count). The van der Waals surface area contributed by atoms with Crippen molar-refractivity contribution in [3.05, 3.63) is 48.3 Å². The van der Waals surface area contributed by atoms with E-state index in [0.717, 1.165) is 29.9 Å². The molecule has 3 aromatic heterocycles. The molecule has 16 heteroatoms. The van der Waals surface area contributed by atoms with Gasteiger partial charge in [-0.3, -0.25) is 4.79 Å². The molecule has 1 fully saturated rings. The second-order valence-electron chi connectivity index (χ2n) is 11.7. The van der Waals surface area contributed by atoms with Crippen molar-refractivity contribution >= 4 is 45.9 Å². The molecule has 48 heavy (non-hydrogen) atoms. The summed E-state index contributed by atoms with van der Waals surface area (Å²) in [5.74, 6) is -2.04. The van der Waals surface area contributed by atoms with Gasteiger partial charge in [0.2, 0.25) is 17.7 Å². The summed E-state index contributed by atoms with van der Waals surface area (Å²) in [5.41, 5.74) is 1.56. The number of carboxylic acids is 1. The Hall–Kier alpha value is -4.96. The van der Waals surface area contributed by atoms with Crippen LogP contribution in [0.15, 0.2) is 42.7 Å². The number of methoxy groups -OCH3 is 1. The number of hydrogen-bond donors (Lipinski definition) is 3. The molecule has 1 saturated carbocycles. The van der Waals surface area contributed by atoms with Crippen LogP contribution >= 0.6 is 0 Å². The van der Waals surface area contributed by atoms with Gasteiger partial charge in [0.25, 0.3) is 0 Å². The Morgan fingerprint density at radius 3 is 2.52 bits per heavy atom. The van der Waals surface area contributed by atoms with Crippen molar-refractivity contribution in [2.24, 2.45) is 0 Å². The number of nitrogens with one attached hydrogen (secondary N) is 2. The molecule has 0 saturated heterocycles. The molecule has 0 atom stereocenters. The molecular formula is C32H37F3N8O5. The normalized spacial score (nSPS) is 13.2. The van der Waals surface area contributed by atoms with Crippen LogP contribution in [-0.2, 0) is 9.53 Å². The highest BCUT2D eigenvalue weighted by atomic mass is 19.4. The van der Waals surface area contributed by atoms with E-state index >= 15 is 0 Å². The third-order valence-corrected chi connectivity index (χ3v) is 7.59. The van der Waals surface area contributed by atoms with Gasteiger partial charge in [-0.15, -0.1) is 0 Å². The van der Waals surface area contributed by atoms with Crippen molar-refractivity contribution in [2.75, 3.05) is 70.1 Å². The Bertz CT molecular complexity index is 1790. The molecule has 0 bridgehead atoms. The molecule has 0 aliphatic heterocycles. The minimum atomic E-state index is -4.68. The number of carboxylic acid groups (broad SMARTS) is 1. The number of ether oxygens (including phenoxy) is 2. The second kappa shape index (κ2) is 14.4. The summed E-state index contributed by atoms with van der Waals surface area (Å²) in [6, 6.07) is 9.26. The van der Waals surface area contributed by atoms with Gasteiger partial charge in [-0.1, -0.05) is 18.2 Å². The first-order valence-electron chi connectivity index (χ1n) is 15.2. The van der Waals surface area contributed by atoms with Crippen molar-refractivity contribution < 1.29 is 37.3 Å². The number of benzene rings is 1. The Kier molecular flexibility index (Phi) is 10.3. The number of fused-ring (bicyclic) bond motifs is 1. The average Bonchev–Trinajstić information content (AvgIpc) is 3.81. The van der Waals surface area contributed by atoms with Gasteiger partial charge in [-0.25, -0.2) is 14.8 Å². The molecule has 0 radical (unpaired) electrons. The lowest BCUT2D eigenvalue weighted by Gasteiger charge is -2.25. The predicted molar refractivity (Wildman–Crippen MR) is 174 cm³/mol. The number of pyridine rings is 1. The first kappa shape index (κ1) is 34.4. The maximum atomic E-state index is 13.3. The van der Waals surface area contributed by atoms with Gasteiger partial charge >= 0.3 is 12.1 Å². The summed E-state index contributed by atoms with van der Waals surface area (Å²) in [4.78, 5) is 41.8. The number of aromatic carboxylic acids is 1. The van der Waals surface area contributed by atoms with Crippen LogP contribution in [0.2, 0.25) is 0 Å². The number of alkyl halides is 3. The van der Waals surface area contributed by atoms with Crippen LogP contribution in [0.1, 0.15) is 35.7 Å². The number of nitrogens with zero attached hydrogens (tertiary/aromatic N) is 6. The van der Waals surface area contributed by atoms with Crippen molar-refractivity contribution in [2.45, 2.75) is 31.5 Å². The van der Waals surface area contributed by atoms with E-state index in [0.29, 0.717) is 24.7 Å². The molecule has 1 aliphatic rings. The number of hydrogen-bond acceptors (Lipinski definition) is 10. The summed E-state index contributed by atoms with van der Waals surface area (Å²) >= 11 is 0. The van der Waals surface area contributed by atoms with Gasteiger partial charge in [0.05, 0.1) is 24.4 Å². The maximum absolute atomic E-state index is 13.3. The number of para-hydroxylation sites is 1. The van der Waals surface area contributed by atoms with E-state index < -0.39 is 30.5 Å². The topological polar surface area (TPSA) is 147 Å². The Balaban J connectivity index is 1.60. The fourth-order valence-electron chi connectivity index (χ4n) is 5.06. The molecule has 0 unspecified atom stereocenters. The number of carbonyl (C=O) groups excluding carboxylic acids is 1. The van der Waals surface area contributed by atoms with E-state index in [2.05, 4.69) is 30.2 Å². The number of halogens is 3. The number of amides is 1. The monoisotopic (exact) mass is 670 g/mol. The number of anilines is 4. The van der Waals surface area contributed by atoms with E-state index in [1.807, 2.05) is 49.5 Å². The van der Waals surface area contributed by atoms with E-state index in [1.165, 1.54) is 13.2 Å². The predicted octanol–water partition coefficient (Wildman–Crippen LogP) is 5.18. The minimum absolute atomic E-state index is 0.0179. The van der Waals surface area contributed by atoms with Crippen molar-refractivity contribution in [3.8, 4) is 17.1 Å². The van der Waals surface area contributed by atoms with Crippen LogP contribution in [-0.4, -0.2) is 102 Å². The van der Waals surface area contributed by atoms with Gasteiger partial charge in [0.1, 0.15) is 11.3 Å². The summed E-state index contributed by atoms with van der Waals surface area (Å²) in [6.45, 7) is -0.492. The minimum Gasteiger partial charge on any atom is -0.478 e. The highest BCUT2D eigenvalue weighted by molar-refractivity contribution is 6.02. The molecule has 1 aromatic carbocycles.